The maximum Gasteiger partial charge on any atom is 0.272 e. The SMILES string of the molecule is Cc1cc(C(=O)NC2CCCNC2C)nn1-c1ccccc1.Cl. The van der Waals surface area contributed by atoms with Gasteiger partial charge in [-0.05, 0) is 51.4 Å². The maximum absolute atomic E-state index is 12.4. The number of piperidine rings is 1. The molecule has 2 aromatic rings. The van der Waals surface area contributed by atoms with E-state index >= 15 is 0 Å². The van der Waals surface area contributed by atoms with Gasteiger partial charge in [-0.2, -0.15) is 5.10 Å². The van der Waals surface area contributed by atoms with Gasteiger partial charge in [-0.15, -0.1) is 12.4 Å². The number of nitrogens with one attached hydrogen (secondary N) is 2. The molecule has 0 spiro atoms. The van der Waals surface area contributed by atoms with Crippen LogP contribution in [0.15, 0.2) is 36.4 Å². The van der Waals surface area contributed by atoms with Gasteiger partial charge in [0.2, 0.25) is 0 Å². The lowest BCUT2D eigenvalue weighted by Gasteiger charge is -2.30. The van der Waals surface area contributed by atoms with E-state index in [-0.39, 0.29) is 24.4 Å². The van der Waals surface area contributed by atoms with Crippen molar-refractivity contribution in [3.8, 4) is 5.69 Å². The van der Waals surface area contributed by atoms with Crippen LogP contribution in [-0.4, -0.2) is 34.3 Å². The number of carbonyl (C=O) groups is 1. The molecule has 0 radical (unpaired) electrons. The average Bonchev–Trinajstić information content (AvgIpc) is 2.92. The molecule has 2 atom stereocenters. The topological polar surface area (TPSA) is 59.0 Å². The van der Waals surface area contributed by atoms with Crippen LogP contribution in [0.5, 0.6) is 0 Å². The molecule has 1 saturated heterocycles. The largest absolute Gasteiger partial charge is 0.346 e. The van der Waals surface area contributed by atoms with Gasteiger partial charge in [0, 0.05) is 17.8 Å². The van der Waals surface area contributed by atoms with E-state index in [4.69, 9.17) is 0 Å². The van der Waals surface area contributed by atoms with Gasteiger partial charge in [0.05, 0.1) is 5.69 Å². The maximum atomic E-state index is 12.4. The Morgan fingerprint density at radius 2 is 2.09 bits per heavy atom. The van der Waals surface area contributed by atoms with Crippen molar-refractivity contribution in [1.29, 1.82) is 0 Å². The predicted molar refractivity (Wildman–Crippen MR) is 93.5 cm³/mol. The first-order chi connectivity index (χ1) is 10.6. The van der Waals surface area contributed by atoms with E-state index in [0.717, 1.165) is 30.8 Å². The molecule has 124 valence electrons. The van der Waals surface area contributed by atoms with Crippen LogP contribution in [0.1, 0.15) is 35.9 Å². The van der Waals surface area contributed by atoms with Crippen LogP contribution in [0.4, 0.5) is 0 Å². The van der Waals surface area contributed by atoms with E-state index in [1.54, 1.807) is 4.68 Å². The van der Waals surface area contributed by atoms with Crippen molar-refractivity contribution in [2.24, 2.45) is 0 Å². The van der Waals surface area contributed by atoms with Crippen molar-refractivity contribution in [1.82, 2.24) is 20.4 Å². The van der Waals surface area contributed by atoms with E-state index in [9.17, 15) is 4.79 Å². The van der Waals surface area contributed by atoms with Crippen molar-refractivity contribution >= 4 is 18.3 Å². The van der Waals surface area contributed by atoms with Gasteiger partial charge in [-0.3, -0.25) is 4.79 Å². The standard InChI is InChI=1S/C17H22N4O.ClH/c1-12-11-16(20-21(12)14-7-4-3-5-8-14)17(22)19-15-9-6-10-18-13(15)2;/h3-5,7-8,11,13,15,18H,6,9-10H2,1-2H3,(H,19,22);1H. The highest BCUT2D eigenvalue weighted by Gasteiger charge is 2.24. The Kier molecular flexibility index (Phi) is 5.80. The molecule has 6 heteroatoms. The molecular formula is C17H23ClN4O. The molecule has 1 amide bonds. The minimum atomic E-state index is -0.0988. The molecule has 1 aliphatic rings. The van der Waals surface area contributed by atoms with Crippen LogP contribution in [-0.2, 0) is 0 Å². The Bertz CT molecular complexity index is 656. The second-order valence-corrected chi connectivity index (χ2v) is 5.88. The third kappa shape index (κ3) is 3.92. The van der Waals surface area contributed by atoms with E-state index in [1.165, 1.54) is 0 Å². The van der Waals surface area contributed by atoms with Gasteiger partial charge in [0.25, 0.3) is 5.91 Å². The summed E-state index contributed by atoms with van der Waals surface area (Å²) < 4.78 is 1.80. The van der Waals surface area contributed by atoms with Crippen molar-refractivity contribution in [3.63, 3.8) is 0 Å². The number of aromatic nitrogens is 2. The fraction of sp³-hybridized carbons (Fsp3) is 0.412. The Morgan fingerprint density at radius 3 is 2.78 bits per heavy atom. The fourth-order valence-electron chi connectivity index (χ4n) is 2.90. The summed E-state index contributed by atoms with van der Waals surface area (Å²) in [4.78, 5) is 12.4. The Morgan fingerprint density at radius 1 is 1.35 bits per heavy atom. The molecule has 1 aromatic heterocycles. The average molecular weight is 335 g/mol. The van der Waals surface area contributed by atoms with Gasteiger partial charge in [-0.1, -0.05) is 18.2 Å². The lowest BCUT2D eigenvalue weighted by molar-refractivity contribution is 0.0914. The summed E-state index contributed by atoms with van der Waals surface area (Å²) in [6, 6.07) is 12.2. The number of amides is 1. The smallest absolute Gasteiger partial charge is 0.272 e. The number of benzene rings is 1. The van der Waals surface area contributed by atoms with E-state index < -0.39 is 0 Å². The van der Waals surface area contributed by atoms with Crippen LogP contribution in [0.2, 0.25) is 0 Å². The van der Waals surface area contributed by atoms with Crippen LogP contribution in [0, 0.1) is 6.92 Å². The number of aryl methyl sites for hydroxylation is 1. The van der Waals surface area contributed by atoms with Crippen LogP contribution in [0.3, 0.4) is 0 Å². The lowest BCUT2D eigenvalue weighted by atomic mass is 10.00. The van der Waals surface area contributed by atoms with Crippen molar-refractivity contribution in [2.45, 2.75) is 38.8 Å². The van der Waals surface area contributed by atoms with Crippen LogP contribution in [0.25, 0.3) is 5.69 Å². The quantitative estimate of drug-likeness (QED) is 0.906. The summed E-state index contributed by atoms with van der Waals surface area (Å²) >= 11 is 0. The molecule has 0 bridgehead atoms. The number of hydrogen-bond acceptors (Lipinski definition) is 3. The second kappa shape index (κ2) is 7.62. The summed E-state index contributed by atoms with van der Waals surface area (Å²) in [5.41, 5.74) is 2.39. The molecule has 5 nitrogen and oxygen atoms in total. The Hall–Kier alpha value is -1.85. The highest BCUT2D eigenvalue weighted by Crippen LogP contribution is 2.13. The molecule has 2 unspecified atom stereocenters. The number of halogens is 1. The molecule has 1 fully saturated rings. The Labute approximate surface area is 142 Å². The number of nitrogens with zero attached hydrogens (tertiary/aromatic N) is 2. The third-order valence-electron chi connectivity index (χ3n) is 4.20. The second-order valence-electron chi connectivity index (χ2n) is 5.88. The Balaban J connectivity index is 0.00000192. The molecule has 2 heterocycles. The van der Waals surface area contributed by atoms with Crippen molar-refractivity contribution in [3.05, 3.63) is 47.8 Å². The zero-order valence-corrected chi connectivity index (χ0v) is 14.3. The molecular weight excluding hydrogens is 312 g/mol. The van der Waals surface area contributed by atoms with E-state index in [2.05, 4.69) is 22.7 Å². The zero-order chi connectivity index (χ0) is 15.5. The zero-order valence-electron chi connectivity index (χ0n) is 13.5. The normalized spacial score (nSPS) is 20.6. The lowest BCUT2D eigenvalue weighted by Crippen LogP contribution is -2.52. The van der Waals surface area contributed by atoms with Gasteiger partial charge in [0.1, 0.15) is 0 Å². The van der Waals surface area contributed by atoms with Gasteiger partial charge in [-0.25, -0.2) is 4.68 Å². The first-order valence-electron chi connectivity index (χ1n) is 7.81. The number of rotatable bonds is 3. The van der Waals surface area contributed by atoms with Gasteiger partial charge in [0.15, 0.2) is 5.69 Å². The molecule has 0 aliphatic carbocycles. The van der Waals surface area contributed by atoms with E-state index in [0.29, 0.717) is 11.7 Å². The first-order valence-corrected chi connectivity index (χ1v) is 7.81. The molecule has 1 aromatic carbocycles. The first kappa shape index (κ1) is 17.5. The minimum absolute atomic E-state index is 0. The molecule has 2 N–H and O–H groups in total. The third-order valence-corrected chi connectivity index (χ3v) is 4.20. The fourth-order valence-corrected chi connectivity index (χ4v) is 2.90. The summed E-state index contributed by atoms with van der Waals surface area (Å²) in [6.45, 7) is 5.09. The van der Waals surface area contributed by atoms with Gasteiger partial charge >= 0.3 is 0 Å². The summed E-state index contributed by atoms with van der Waals surface area (Å²) in [5, 5.41) is 10.9. The van der Waals surface area contributed by atoms with Crippen molar-refractivity contribution < 1.29 is 4.79 Å². The number of para-hydroxylation sites is 1. The van der Waals surface area contributed by atoms with Gasteiger partial charge < -0.3 is 10.6 Å². The number of carbonyl (C=O) groups excluding carboxylic acids is 1. The molecule has 1 aliphatic heterocycles. The van der Waals surface area contributed by atoms with Crippen LogP contribution >= 0.6 is 12.4 Å². The summed E-state index contributed by atoms with van der Waals surface area (Å²) in [5.74, 6) is -0.0988. The molecule has 3 rings (SSSR count). The van der Waals surface area contributed by atoms with Crippen molar-refractivity contribution in [2.75, 3.05) is 6.54 Å². The summed E-state index contributed by atoms with van der Waals surface area (Å²) in [7, 11) is 0. The highest BCUT2D eigenvalue weighted by atomic mass is 35.5. The monoisotopic (exact) mass is 334 g/mol. The predicted octanol–water partition coefficient (Wildman–Crippen LogP) is 2.47. The summed E-state index contributed by atoms with van der Waals surface area (Å²) in [6.07, 6.45) is 2.10. The van der Waals surface area contributed by atoms with E-state index in [1.807, 2.05) is 43.3 Å². The molecule has 0 saturated carbocycles. The van der Waals surface area contributed by atoms with Crippen LogP contribution < -0.4 is 10.6 Å². The number of hydrogen-bond donors (Lipinski definition) is 2. The minimum Gasteiger partial charge on any atom is -0.346 e. The molecule has 23 heavy (non-hydrogen) atoms. The highest BCUT2D eigenvalue weighted by molar-refractivity contribution is 5.92.